The first kappa shape index (κ1) is 14.4. The number of fused-ring (bicyclic) bond motifs is 1. The lowest BCUT2D eigenvalue weighted by Gasteiger charge is -2.25. The van der Waals surface area contributed by atoms with E-state index < -0.39 is 5.41 Å². The minimum atomic E-state index is -0.617. The van der Waals surface area contributed by atoms with Crippen LogP contribution in [0.25, 0.3) is 0 Å². The van der Waals surface area contributed by atoms with Crippen LogP contribution in [0.1, 0.15) is 19.4 Å². The normalized spacial score (nSPS) is 13.5. The number of carbonyl (C=O) groups excluding carboxylic acids is 1. The zero-order valence-corrected chi connectivity index (χ0v) is 12.8. The molecule has 1 N–H and O–H groups in total. The molecule has 0 saturated carbocycles. The van der Waals surface area contributed by atoms with Crippen molar-refractivity contribution in [3.63, 3.8) is 0 Å². The van der Waals surface area contributed by atoms with Gasteiger partial charge in [0.2, 0.25) is 5.91 Å². The molecule has 0 radical (unpaired) electrons. The average Bonchev–Trinajstić information content (AvgIpc) is 2.55. The number of amides is 1. The predicted molar refractivity (Wildman–Crippen MR) is 85.5 cm³/mol. The minimum Gasteiger partial charge on any atom is -0.486 e. The molecule has 4 heteroatoms. The summed E-state index contributed by atoms with van der Waals surface area (Å²) >= 11 is 0. The molecule has 22 heavy (non-hydrogen) atoms. The number of hydrogen-bond acceptors (Lipinski definition) is 3. The van der Waals surface area contributed by atoms with E-state index in [4.69, 9.17) is 9.47 Å². The Balaban J connectivity index is 1.79. The molecule has 0 saturated heterocycles. The van der Waals surface area contributed by atoms with Crippen molar-refractivity contribution >= 4 is 11.6 Å². The molecule has 0 bridgehead atoms. The second-order valence-corrected chi connectivity index (χ2v) is 5.80. The summed E-state index contributed by atoms with van der Waals surface area (Å²) in [6.45, 7) is 4.91. The van der Waals surface area contributed by atoms with Crippen molar-refractivity contribution in [1.29, 1.82) is 0 Å². The average molecular weight is 297 g/mol. The van der Waals surface area contributed by atoms with Crippen LogP contribution in [-0.4, -0.2) is 19.1 Å². The predicted octanol–water partition coefficient (Wildman–Crippen LogP) is 3.37. The first-order valence-corrected chi connectivity index (χ1v) is 7.34. The van der Waals surface area contributed by atoms with Gasteiger partial charge in [-0.05, 0) is 31.5 Å². The van der Waals surface area contributed by atoms with Gasteiger partial charge in [0.05, 0.1) is 5.41 Å². The van der Waals surface area contributed by atoms with E-state index in [-0.39, 0.29) is 5.91 Å². The lowest BCUT2D eigenvalue weighted by atomic mass is 9.83. The smallest absolute Gasteiger partial charge is 0.234 e. The van der Waals surface area contributed by atoms with Gasteiger partial charge < -0.3 is 14.8 Å². The summed E-state index contributed by atoms with van der Waals surface area (Å²) in [4.78, 5) is 12.6. The van der Waals surface area contributed by atoms with Crippen LogP contribution in [0.15, 0.2) is 48.5 Å². The Bertz CT molecular complexity index is 680. The van der Waals surface area contributed by atoms with Gasteiger partial charge in [0.15, 0.2) is 11.5 Å². The number of carbonyl (C=O) groups is 1. The highest BCUT2D eigenvalue weighted by molar-refractivity contribution is 5.98. The van der Waals surface area contributed by atoms with Gasteiger partial charge in [-0.1, -0.05) is 30.3 Å². The van der Waals surface area contributed by atoms with E-state index in [2.05, 4.69) is 5.32 Å². The SMILES string of the molecule is CC(C)(C(=O)Nc1ccc2c(c1)OCCO2)c1ccccc1. The van der Waals surface area contributed by atoms with Crippen molar-refractivity contribution < 1.29 is 14.3 Å². The molecule has 1 amide bonds. The highest BCUT2D eigenvalue weighted by Gasteiger charge is 2.29. The highest BCUT2D eigenvalue weighted by atomic mass is 16.6. The van der Waals surface area contributed by atoms with E-state index in [0.29, 0.717) is 30.4 Å². The minimum absolute atomic E-state index is 0.0598. The third-order valence-electron chi connectivity index (χ3n) is 3.86. The third-order valence-corrected chi connectivity index (χ3v) is 3.86. The van der Waals surface area contributed by atoms with E-state index in [1.807, 2.05) is 56.3 Å². The quantitative estimate of drug-likeness (QED) is 0.945. The molecular weight excluding hydrogens is 278 g/mol. The van der Waals surface area contributed by atoms with Crippen molar-refractivity contribution in [2.24, 2.45) is 0 Å². The number of anilines is 1. The van der Waals surface area contributed by atoms with Gasteiger partial charge in [0.1, 0.15) is 13.2 Å². The molecular formula is C18H19NO3. The largest absolute Gasteiger partial charge is 0.486 e. The van der Waals surface area contributed by atoms with Crippen LogP contribution in [0, 0.1) is 0 Å². The highest BCUT2D eigenvalue weighted by Crippen LogP contribution is 2.33. The summed E-state index contributed by atoms with van der Waals surface area (Å²) < 4.78 is 11.0. The Hall–Kier alpha value is -2.49. The maximum atomic E-state index is 12.6. The molecule has 0 aliphatic carbocycles. The van der Waals surface area contributed by atoms with E-state index in [1.165, 1.54) is 0 Å². The van der Waals surface area contributed by atoms with E-state index >= 15 is 0 Å². The zero-order chi connectivity index (χ0) is 15.6. The van der Waals surface area contributed by atoms with Gasteiger partial charge >= 0.3 is 0 Å². The number of nitrogens with one attached hydrogen (secondary N) is 1. The van der Waals surface area contributed by atoms with Crippen LogP contribution >= 0.6 is 0 Å². The van der Waals surface area contributed by atoms with Crippen molar-refractivity contribution in [2.75, 3.05) is 18.5 Å². The fraction of sp³-hybridized carbons (Fsp3) is 0.278. The Kier molecular flexibility index (Phi) is 3.75. The molecule has 0 fully saturated rings. The van der Waals surface area contributed by atoms with E-state index in [1.54, 1.807) is 6.07 Å². The first-order valence-electron chi connectivity index (χ1n) is 7.34. The Morgan fingerprint density at radius 1 is 1.00 bits per heavy atom. The molecule has 3 rings (SSSR count). The third kappa shape index (κ3) is 2.77. The monoisotopic (exact) mass is 297 g/mol. The number of rotatable bonds is 3. The lowest BCUT2D eigenvalue weighted by molar-refractivity contribution is -0.120. The molecule has 0 unspecified atom stereocenters. The number of hydrogen-bond donors (Lipinski definition) is 1. The molecule has 2 aromatic carbocycles. The Morgan fingerprint density at radius 2 is 1.68 bits per heavy atom. The van der Waals surface area contributed by atoms with Crippen LogP contribution in [0.5, 0.6) is 11.5 Å². The fourth-order valence-corrected chi connectivity index (χ4v) is 2.39. The van der Waals surface area contributed by atoms with Gasteiger partial charge in [-0.25, -0.2) is 0 Å². The van der Waals surface area contributed by atoms with Gasteiger partial charge in [0.25, 0.3) is 0 Å². The first-order chi connectivity index (χ1) is 10.6. The van der Waals surface area contributed by atoms with E-state index in [0.717, 1.165) is 5.56 Å². The Morgan fingerprint density at radius 3 is 2.41 bits per heavy atom. The summed E-state index contributed by atoms with van der Waals surface area (Å²) in [5, 5.41) is 2.96. The van der Waals surface area contributed by atoms with Crippen molar-refractivity contribution in [3.8, 4) is 11.5 Å². The maximum Gasteiger partial charge on any atom is 0.234 e. The van der Waals surface area contributed by atoms with Crippen molar-refractivity contribution in [3.05, 3.63) is 54.1 Å². The van der Waals surface area contributed by atoms with Gasteiger partial charge in [0, 0.05) is 11.8 Å². The molecule has 1 aliphatic rings. The van der Waals surface area contributed by atoms with Crippen LogP contribution in [0.2, 0.25) is 0 Å². The topological polar surface area (TPSA) is 47.6 Å². The Labute approximate surface area is 130 Å². The molecule has 4 nitrogen and oxygen atoms in total. The summed E-state index contributed by atoms with van der Waals surface area (Å²) in [7, 11) is 0. The molecule has 114 valence electrons. The maximum absolute atomic E-state index is 12.6. The molecule has 0 atom stereocenters. The fourth-order valence-electron chi connectivity index (χ4n) is 2.39. The second kappa shape index (κ2) is 5.72. The zero-order valence-electron chi connectivity index (χ0n) is 12.8. The van der Waals surface area contributed by atoms with E-state index in [9.17, 15) is 4.79 Å². The summed E-state index contributed by atoms with van der Waals surface area (Å²) in [5.41, 5.74) is 1.07. The van der Waals surface area contributed by atoms with Gasteiger partial charge in [-0.3, -0.25) is 4.79 Å². The van der Waals surface area contributed by atoms with Gasteiger partial charge in [-0.2, -0.15) is 0 Å². The van der Waals surface area contributed by atoms with Crippen molar-refractivity contribution in [1.82, 2.24) is 0 Å². The molecule has 0 aromatic heterocycles. The van der Waals surface area contributed by atoms with Gasteiger partial charge in [-0.15, -0.1) is 0 Å². The van der Waals surface area contributed by atoms with Crippen LogP contribution in [-0.2, 0) is 10.2 Å². The lowest BCUT2D eigenvalue weighted by Crippen LogP contribution is -2.34. The van der Waals surface area contributed by atoms with Crippen molar-refractivity contribution in [2.45, 2.75) is 19.3 Å². The van der Waals surface area contributed by atoms with Crippen LogP contribution in [0.3, 0.4) is 0 Å². The molecule has 1 heterocycles. The summed E-state index contributed by atoms with van der Waals surface area (Å²) in [6.07, 6.45) is 0. The summed E-state index contributed by atoms with van der Waals surface area (Å²) in [6, 6.07) is 15.2. The van der Waals surface area contributed by atoms with Crippen LogP contribution in [0.4, 0.5) is 5.69 Å². The standard InChI is InChI=1S/C18H19NO3/c1-18(2,13-6-4-3-5-7-13)17(20)19-14-8-9-15-16(12-14)22-11-10-21-15/h3-9,12H,10-11H2,1-2H3,(H,19,20). The summed E-state index contributed by atoms with van der Waals surface area (Å²) in [5.74, 6) is 1.32. The molecule has 0 spiro atoms. The molecule has 2 aromatic rings. The number of ether oxygens (including phenoxy) is 2. The van der Waals surface area contributed by atoms with Crippen LogP contribution < -0.4 is 14.8 Å². The molecule has 1 aliphatic heterocycles. The number of benzene rings is 2. The second-order valence-electron chi connectivity index (χ2n) is 5.80.